The Bertz CT molecular complexity index is 559. The fourth-order valence-corrected chi connectivity index (χ4v) is 6.91. The highest BCUT2D eigenvalue weighted by Gasteiger charge is 2.72. The standard InChI is InChI=1S/C18H24F6O2/c1-7-8(2)11-5-10(7)14-9-3-12(15(11)14)13(4-9)26-6-16(25,17(19,20)21)18(22,23)24/h7-15,25H,3-6H2,1-2H3. The van der Waals surface area contributed by atoms with Gasteiger partial charge in [-0.05, 0) is 66.6 Å². The van der Waals surface area contributed by atoms with Gasteiger partial charge in [0.15, 0.2) is 0 Å². The number of ether oxygens (including phenoxy) is 1. The monoisotopic (exact) mass is 386 g/mol. The molecule has 0 aromatic heterocycles. The molecule has 9 atom stereocenters. The van der Waals surface area contributed by atoms with Crippen molar-refractivity contribution in [3.05, 3.63) is 0 Å². The molecule has 4 aliphatic rings. The van der Waals surface area contributed by atoms with Crippen LogP contribution in [-0.4, -0.2) is 35.8 Å². The van der Waals surface area contributed by atoms with Crippen LogP contribution in [0, 0.1) is 47.3 Å². The fraction of sp³-hybridized carbons (Fsp3) is 1.00. The number of alkyl halides is 6. The Morgan fingerprint density at radius 2 is 1.35 bits per heavy atom. The quantitative estimate of drug-likeness (QED) is 0.575. The Morgan fingerprint density at radius 1 is 0.808 bits per heavy atom. The lowest BCUT2D eigenvalue weighted by molar-refractivity contribution is -0.380. The van der Waals surface area contributed by atoms with E-state index in [2.05, 4.69) is 13.8 Å². The summed E-state index contributed by atoms with van der Waals surface area (Å²) in [5.41, 5.74) is -4.81. The van der Waals surface area contributed by atoms with Crippen LogP contribution < -0.4 is 0 Å². The zero-order valence-corrected chi connectivity index (χ0v) is 14.6. The highest BCUT2D eigenvalue weighted by atomic mass is 19.4. The smallest absolute Gasteiger partial charge is 0.374 e. The van der Waals surface area contributed by atoms with Crippen molar-refractivity contribution >= 4 is 0 Å². The molecular formula is C18H24F6O2. The third kappa shape index (κ3) is 2.33. The van der Waals surface area contributed by atoms with Crippen molar-refractivity contribution in [3.63, 3.8) is 0 Å². The van der Waals surface area contributed by atoms with Crippen LogP contribution in [0.15, 0.2) is 0 Å². The van der Waals surface area contributed by atoms with Gasteiger partial charge in [0.2, 0.25) is 0 Å². The summed E-state index contributed by atoms with van der Waals surface area (Å²) in [6, 6.07) is 0. The summed E-state index contributed by atoms with van der Waals surface area (Å²) in [4.78, 5) is 0. The minimum atomic E-state index is -5.82. The molecule has 4 saturated carbocycles. The predicted octanol–water partition coefficient (Wildman–Crippen LogP) is 4.42. The second-order valence-corrected chi connectivity index (χ2v) is 9.04. The van der Waals surface area contributed by atoms with E-state index in [1.807, 2.05) is 0 Å². The Balaban J connectivity index is 1.47. The van der Waals surface area contributed by atoms with Gasteiger partial charge in [0, 0.05) is 0 Å². The largest absolute Gasteiger partial charge is 0.428 e. The predicted molar refractivity (Wildman–Crippen MR) is 79.9 cm³/mol. The van der Waals surface area contributed by atoms with Crippen molar-refractivity contribution in [2.24, 2.45) is 47.3 Å². The Morgan fingerprint density at radius 3 is 1.88 bits per heavy atom. The van der Waals surface area contributed by atoms with Gasteiger partial charge in [-0.25, -0.2) is 0 Å². The van der Waals surface area contributed by atoms with Gasteiger partial charge in [0.05, 0.1) is 12.7 Å². The van der Waals surface area contributed by atoms with Crippen LogP contribution in [-0.2, 0) is 4.74 Å². The molecule has 0 spiro atoms. The molecular weight excluding hydrogens is 362 g/mol. The summed E-state index contributed by atoms with van der Waals surface area (Å²) in [6.07, 6.45) is -9.76. The minimum Gasteiger partial charge on any atom is -0.374 e. The highest BCUT2D eigenvalue weighted by Crippen LogP contribution is 2.70. The van der Waals surface area contributed by atoms with Crippen LogP contribution in [0.3, 0.4) is 0 Å². The molecule has 4 bridgehead atoms. The molecule has 0 aliphatic heterocycles. The first kappa shape index (κ1) is 18.8. The SMILES string of the molecule is CC1C(C)C2CC1C1C3CC(OCC(O)(C(F)(F)F)C(F)(F)F)C(C3)C21. The average Bonchev–Trinajstić information content (AvgIpc) is 3.22. The second kappa shape index (κ2) is 5.52. The van der Waals surface area contributed by atoms with E-state index in [1.54, 1.807) is 0 Å². The molecule has 4 fully saturated rings. The molecule has 4 aliphatic carbocycles. The molecule has 2 nitrogen and oxygen atoms in total. The zero-order valence-electron chi connectivity index (χ0n) is 14.6. The van der Waals surface area contributed by atoms with Crippen molar-refractivity contribution in [1.29, 1.82) is 0 Å². The van der Waals surface area contributed by atoms with E-state index in [4.69, 9.17) is 4.74 Å². The van der Waals surface area contributed by atoms with Crippen LogP contribution in [0.25, 0.3) is 0 Å². The Labute approximate surface area is 148 Å². The van der Waals surface area contributed by atoms with E-state index < -0.39 is 30.7 Å². The van der Waals surface area contributed by atoms with Crippen LogP contribution in [0.2, 0.25) is 0 Å². The molecule has 0 heterocycles. The molecule has 0 saturated heterocycles. The normalized spacial score (nSPS) is 47.7. The maximum atomic E-state index is 12.8. The Hall–Kier alpha value is -0.500. The summed E-state index contributed by atoms with van der Waals surface area (Å²) >= 11 is 0. The van der Waals surface area contributed by atoms with Crippen LogP contribution in [0.1, 0.15) is 33.1 Å². The van der Waals surface area contributed by atoms with Gasteiger partial charge in [-0.15, -0.1) is 0 Å². The summed E-state index contributed by atoms with van der Waals surface area (Å²) in [5, 5.41) is 9.31. The number of halogens is 6. The van der Waals surface area contributed by atoms with E-state index in [0.29, 0.717) is 47.8 Å². The van der Waals surface area contributed by atoms with Crippen molar-refractivity contribution in [3.8, 4) is 0 Å². The molecule has 0 radical (unpaired) electrons. The maximum Gasteiger partial charge on any atom is 0.428 e. The number of fused-ring (bicyclic) bond motifs is 9. The molecule has 4 rings (SSSR count). The zero-order chi connectivity index (χ0) is 19.2. The number of rotatable bonds is 3. The van der Waals surface area contributed by atoms with Crippen molar-refractivity contribution in [2.75, 3.05) is 6.61 Å². The average molecular weight is 386 g/mol. The third-order valence-corrected chi connectivity index (χ3v) is 8.23. The van der Waals surface area contributed by atoms with Crippen molar-refractivity contribution in [1.82, 2.24) is 0 Å². The summed E-state index contributed by atoms with van der Waals surface area (Å²) in [6.45, 7) is 2.70. The Kier molecular flexibility index (Phi) is 4.00. The first-order chi connectivity index (χ1) is 11.9. The van der Waals surface area contributed by atoms with Crippen molar-refractivity contribution < 1.29 is 36.2 Å². The molecule has 9 unspecified atom stereocenters. The fourth-order valence-electron chi connectivity index (χ4n) is 6.91. The summed E-state index contributed by atoms with van der Waals surface area (Å²) in [5.74, 6) is 3.61. The summed E-state index contributed by atoms with van der Waals surface area (Å²) in [7, 11) is 0. The molecule has 0 amide bonds. The van der Waals surface area contributed by atoms with Crippen LogP contribution in [0.4, 0.5) is 26.3 Å². The second-order valence-electron chi connectivity index (χ2n) is 9.04. The van der Waals surface area contributed by atoms with Gasteiger partial charge in [-0.2, -0.15) is 26.3 Å². The molecule has 26 heavy (non-hydrogen) atoms. The molecule has 0 aromatic carbocycles. The van der Waals surface area contributed by atoms with E-state index in [-0.39, 0.29) is 5.92 Å². The molecule has 150 valence electrons. The molecule has 1 N–H and O–H groups in total. The first-order valence-corrected chi connectivity index (χ1v) is 9.34. The van der Waals surface area contributed by atoms with Gasteiger partial charge < -0.3 is 9.84 Å². The third-order valence-electron chi connectivity index (χ3n) is 8.23. The number of hydrogen-bond acceptors (Lipinski definition) is 2. The van der Waals surface area contributed by atoms with Gasteiger partial charge in [0.25, 0.3) is 5.60 Å². The lowest BCUT2D eigenvalue weighted by Crippen LogP contribution is -2.60. The van der Waals surface area contributed by atoms with E-state index in [1.165, 1.54) is 0 Å². The number of hydrogen-bond donors (Lipinski definition) is 1. The highest BCUT2D eigenvalue weighted by molar-refractivity contribution is 5.14. The first-order valence-electron chi connectivity index (χ1n) is 9.34. The maximum absolute atomic E-state index is 12.8. The van der Waals surface area contributed by atoms with Gasteiger partial charge in [-0.3, -0.25) is 0 Å². The molecule has 8 heteroatoms. The van der Waals surface area contributed by atoms with Crippen molar-refractivity contribution in [2.45, 2.75) is 57.2 Å². The topological polar surface area (TPSA) is 29.5 Å². The van der Waals surface area contributed by atoms with Crippen LogP contribution in [0.5, 0.6) is 0 Å². The van der Waals surface area contributed by atoms with Gasteiger partial charge in [-0.1, -0.05) is 13.8 Å². The van der Waals surface area contributed by atoms with Crippen LogP contribution >= 0.6 is 0 Å². The lowest BCUT2D eigenvalue weighted by Gasteiger charge is -2.44. The number of aliphatic hydroxyl groups is 1. The van der Waals surface area contributed by atoms with Gasteiger partial charge >= 0.3 is 12.4 Å². The molecule has 0 aromatic rings. The van der Waals surface area contributed by atoms with E-state index >= 15 is 0 Å². The van der Waals surface area contributed by atoms with Gasteiger partial charge in [0.1, 0.15) is 0 Å². The van der Waals surface area contributed by atoms with E-state index in [9.17, 15) is 31.4 Å². The summed E-state index contributed by atoms with van der Waals surface area (Å²) < 4.78 is 82.2. The lowest BCUT2D eigenvalue weighted by atomic mass is 9.64. The minimum absolute atomic E-state index is 0.0284. The van der Waals surface area contributed by atoms with E-state index in [0.717, 1.165) is 12.8 Å².